The number of thioether (sulfide) groups is 1. The van der Waals surface area contributed by atoms with E-state index in [2.05, 4.69) is 36.4 Å². The van der Waals surface area contributed by atoms with Crippen molar-refractivity contribution in [3.63, 3.8) is 0 Å². The fourth-order valence-corrected chi connectivity index (χ4v) is 2.43. The Hall–Kier alpha value is -0.690. The molecular formula is C11H12S. The Morgan fingerprint density at radius 1 is 1.17 bits per heavy atom. The maximum atomic E-state index is 2.30. The average molecular weight is 176 g/mol. The van der Waals surface area contributed by atoms with E-state index in [0.29, 0.717) is 0 Å². The van der Waals surface area contributed by atoms with E-state index in [9.17, 15) is 0 Å². The number of benzene rings is 1. The fraction of sp³-hybridized carbons (Fsp3) is 0.273. The minimum Gasteiger partial charge on any atom is -0.131 e. The number of hydrogen-bond donors (Lipinski definition) is 0. The van der Waals surface area contributed by atoms with Crippen molar-refractivity contribution in [1.29, 1.82) is 0 Å². The van der Waals surface area contributed by atoms with Crippen LogP contribution < -0.4 is 0 Å². The molecule has 1 aliphatic heterocycles. The van der Waals surface area contributed by atoms with E-state index in [1.807, 2.05) is 11.8 Å². The summed E-state index contributed by atoms with van der Waals surface area (Å²) in [5, 5.41) is 0. The van der Waals surface area contributed by atoms with Gasteiger partial charge in [-0.15, -0.1) is 11.8 Å². The quantitative estimate of drug-likeness (QED) is 0.630. The lowest BCUT2D eigenvalue weighted by molar-refractivity contribution is 0.999. The summed E-state index contributed by atoms with van der Waals surface area (Å²) < 4.78 is 0. The largest absolute Gasteiger partial charge is 0.131 e. The minimum absolute atomic E-state index is 1.28. The highest BCUT2D eigenvalue weighted by Crippen LogP contribution is 2.31. The third-order valence-corrected chi connectivity index (χ3v) is 3.17. The molecule has 1 fully saturated rings. The summed E-state index contributed by atoms with van der Waals surface area (Å²) in [6, 6.07) is 10.6. The van der Waals surface area contributed by atoms with E-state index in [1.165, 1.54) is 24.2 Å². The van der Waals surface area contributed by atoms with Crippen LogP contribution in [0.2, 0.25) is 0 Å². The van der Waals surface area contributed by atoms with Crippen LogP contribution in [-0.2, 0) is 0 Å². The van der Waals surface area contributed by atoms with Crippen molar-refractivity contribution in [3.8, 4) is 0 Å². The third-order valence-electron chi connectivity index (χ3n) is 1.98. The minimum atomic E-state index is 1.28. The van der Waals surface area contributed by atoms with Crippen LogP contribution in [-0.4, -0.2) is 5.75 Å². The SMILES string of the molecule is C(=C1\CCCS1)/c1ccccc1. The van der Waals surface area contributed by atoms with E-state index in [4.69, 9.17) is 0 Å². The van der Waals surface area contributed by atoms with Crippen molar-refractivity contribution >= 4 is 17.8 Å². The van der Waals surface area contributed by atoms with Crippen molar-refractivity contribution in [2.45, 2.75) is 12.8 Å². The lowest BCUT2D eigenvalue weighted by Crippen LogP contribution is -1.71. The lowest BCUT2D eigenvalue weighted by Gasteiger charge is -1.94. The molecule has 0 atom stereocenters. The van der Waals surface area contributed by atoms with Crippen LogP contribution in [0.25, 0.3) is 6.08 Å². The second-order valence-corrected chi connectivity index (χ2v) is 4.19. The zero-order valence-electron chi connectivity index (χ0n) is 6.99. The first-order valence-corrected chi connectivity index (χ1v) is 5.32. The van der Waals surface area contributed by atoms with Gasteiger partial charge >= 0.3 is 0 Å². The maximum absolute atomic E-state index is 2.30. The third kappa shape index (κ3) is 1.92. The van der Waals surface area contributed by atoms with Crippen molar-refractivity contribution < 1.29 is 0 Å². The standard InChI is InChI=1S/C11H12S/c1-2-5-10(6-3-1)9-11-7-4-8-12-11/h1-3,5-6,9H,4,7-8H2/b11-9-. The van der Waals surface area contributed by atoms with Crippen molar-refractivity contribution in [3.05, 3.63) is 40.8 Å². The molecular weight excluding hydrogens is 164 g/mol. The van der Waals surface area contributed by atoms with Gasteiger partial charge in [-0.1, -0.05) is 30.3 Å². The molecule has 1 aliphatic rings. The van der Waals surface area contributed by atoms with Gasteiger partial charge in [0.1, 0.15) is 0 Å². The monoisotopic (exact) mass is 176 g/mol. The van der Waals surface area contributed by atoms with Crippen LogP contribution in [0, 0.1) is 0 Å². The topological polar surface area (TPSA) is 0 Å². The zero-order chi connectivity index (χ0) is 8.23. The molecule has 0 nitrogen and oxygen atoms in total. The normalized spacial score (nSPS) is 20.2. The number of rotatable bonds is 1. The second kappa shape index (κ2) is 3.81. The molecule has 1 aromatic rings. The Balaban J connectivity index is 2.16. The maximum Gasteiger partial charge on any atom is -0.00199 e. The molecule has 0 unspecified atom stereocenters. The second-order valence-electron chi connectivity index (χ2n) is 2.97. The molecule has 0 aliphatic carbocycles. The summed E-state index contributed by atoms with van der Waals surface area (Å²) in [4.78, 5) is 1.54. The molecule has 1 heteroatoms. The van der Waals surface area contributed by atoms with Crippen LogP contribution >= 0.6 is 11.8 Å². The van der Waals surface area contributed by atoms with Crippen molar-refractivity contribution in [2.75, 3.05) is 5.75 Å². The van der Waals surface area contributed by atoms with Crippen molar-refractivity contribution in [1.82, 2.24) is 0 Å². The Morgan fingerprint density at radius 2 is 2.00 bits per heavy atom. The van der Waals surface area contributed by atoms with E-state index in [-0.39, 0.29) is 0 Å². The van der Waals surface area contributed by atoms with E-state index in [1.54, 1.807) is 4.91 Å². The van der Waals surface area contributed by atoms with E-state index >= 15 is 0 Å². The smallest absolute Gasteiger partial charge is 0.00199 e. The molecule has 1 heterocycles. The molecule has 0 spiro atoms. The van der Waals surface area contributed by atoms with E-state index in [0.717, 1.165) is 0 Å². The number of hydrogen-bond acceptors (Lipinski definition) is 1. The van der Waals surface area contributed by atoms with Gasteiger partial charge in [0.25, 0.3) is 0 Å². The first-order chi connectivity index (χ1) is 5.95. The Kier molecular flexibility index (Phi) is 2.52. The highest BCUT2D eigenvalue weighted by atomic mass is 32.2. The molecule has 12 heavy (non-hydrogen) atoms. The average Bonchev–Trinajstić information content (AvgIpc) is 2.59. The van der Waals surface area contributed by atoms with Crippen LogP contribution in [0.5, 0.6) is 0 Å². The van der Waals surface area contributed by atoms with Gasteiger partial charge in [-0.25, -0.2) is 0 Å². The van der Waals surface area contributed by atoms with Gasteiger partial charge in [-0.2, -0.15) is 0 Å². The van der Waals surface area contributed by atoms with Gasteiger partial charge < -0.3 is 0 Å². The lowest BCUT2D eigenvalue weighted by atomic mass is 10.2. The molecule has 0 N–H and O–H groups in total. The molecule has 0 saturated carbocycles. The molecule has 0 radical (unpaired) electrons. The van der Waals surface area contributed by atoms with Gasteiger partial charge in [0, 0.05) is 0 Å². The van der Waals surface area contributed by atoms with Crippen LogP contribution in [0.4, 0.5) is 0 Å². The first-order valence-electron chi connectivity index (χ1n) is 4.33. The van der Waals surface area contributed by atoms with Crippen LogP contribution in [0.3, 0.4) is 0 Å². The summed E-state index contributed by atoms with van der Waals surface area (Å²) in [6.07, 6.45) is 4.93. The van der Waals surface area contributed by atoms with Gasteiger partial charge in [-0.3, -0.25) is 0 Å². The van der Waals surface area contributed by atoms with Crippen LogP contribution in [0.1, 0.15) is 18.4 Å². The van der Waals surface area contributed by atoms with Gasteiger partial charge in [0.15, 0.2) is 0 Å². The predicted molar refractivity (Wildman–Crippen MR) is 56.1 cm³/mol. The summed E-state index contributed by atoms with van der Waals surface area (Å²) in [5.74, 6) is 1.30. The van der Waals surface area contributed by atoms with E-state index < -0.39 is 0 Å². The Bertz CT molecular complexity index is 266. The highest BCUT2D eigenvalue weighted by molar-refractivity contribution is 8.03. The number of allylic oxidation sites excluding steroid dienone is 1. The molecule has 0 bridgehead atoms. The van der Waals surface area contributed by atoms with Gasteiger partial charge in [-0.05, 0) is 35.1 Å². The van der Waals surface area contributed by atoms with Gasteiger partial charge in [0.2, 0.25) is 0 Å². The zero-order valence-corrected chi connectivity index (χ0v) is 7.81. The first kappa shape index (κ1) is 7.93. The Morgan fingerprint density at radius 3 is 2.67 bits per heavy atom. The molecule has 62 valence electrons. The molecule has 1 aromatic carbocycles. The highest BCUT2D eigenvalue weighted by Gasteiger charge is 2.05. The predicted octanol–water partition coefficient (Wildman–Crippen LogP) is 3.55. The summed E-state index contributed by atoms with van der Waals surface area (Å²) in [7, 11) is 0. The van der Waals surface area contributed by atoms with Crippen LogP contribution in [0.15, 0.2) is 35.2 Å². The molecule has 0 amide bonds. The molecule has 0 aromatic heterocycles. The summed E-state index contributed by atoms with van der Waals surface area (Å²) in [6.45, 7) is 0. The van der Waals surface area contributed by atoms with Gasteiger partial charge in [0.05, 0.1) is 0 Å². The summed E-state index contributed by atoms with van der Waals surface area (Å²) in [5.41, 5.74) is 1.34. The summed E-state index contributed by atoms with van der Waals surface area (Å²) >= 11 is 2.00. The fourth-order valence-electron chi connectivity index (χ4n) is 1.37. The molecule has 1 saturated heterocycles. The Labute approximate surface area is 77.7 Å². The van der Waals surface area contributed by atoms with Crippen molar-refractivity contribution in [2.24, 2.45) is 0 Å². The molecule has 2 rings (SSSR count).